The predicted octanol–water partition coefficient (Wildman–Crippen LogP) is 0.334. The zero-order valence-corrected chi connectivity index (χ0v) is 6.34. The Morgan fingerprint density at radius 1 is 1.70 bits per heavy atom. The lowest BCUT2D eigenvalue weighted by Gasteiger charge is -2.25. The molecule has 1 rings (SSSR count). The molecule has 1 aliphatic rings. The van der Waals surface area contributed by atoms with Crippen LogP contribution >= 0.6 is 0 Å². The van der Waals surface area contributed by atoms with Crippen LogP contribution < -0.4 is 0 Å². The molecule has 1 heterocycles. The van der Waals surface area contributed by atoms with Crippen LogP contribution in [0.25, 0.3) is 0 Å². The van der Waals surface area contributed by atoms with Gasteiger partial charge in [0.1, 0.15) is 13.2 Å². The first-order valence-corrected chi connectivity index (χ1v) is 3.55. The fraction of sp³-hybridized carbons (Fsp3) is 0.857. The van der Waals surface area contributed by atoms with Crippen molar-refractivity contribution in [2.75, 3.05) is 33.5 Å². The van der Waals surface area contributed by atoms with Crippen molar-refractivity contribution in [1.82, 2.24) is 0 Å². The van der Waals surface area contributed by atoms with Crippen LogP contribution in [0, 0.1) is 11.3 Å². The quantitative estimate of drug-likeness (QED) is 0.519. The minimum absolute atomic E-state index is 0.639. The van der Waals surface area contributed by atoms with E-state index in [-0.39, 0.29) is 0 Å². The highest BCUT2D eigenvalue weighted by Gasteiger charge is 2.26. The number of hydrogen-bond donors (Lipinski definition) is 0. The summed E-state index contributed by atoms with van der Waals surface area (Å²) >= 11 is 0. The van der Waals surface area contributed by atoms with Gasteiger partial charge in [-0.05, 0) is 0 Å². The second-order valence-corrected chi connectivity index (χ2v) is 3.01. The first-order valence-electron chi connectivity index (χ1n) is 3.55. The molecule has 0 saturated carbocycles. The molecule has 1 saturated heterocycles. The average Bonchev–Trinajstić information content (AvgIpc) is 2.33. The molecule has 0 bridgehead atoms. The van der Waals surface area contributed by atoms with Crippen LogP contribution in [0.2, 0.25) is 0 Å². The van der Waals surface area contributed by atoms with Crippen LogP contribution in [-0.2, 0) is 4.74 Å². The van der Waals surface area contributed by atoms with Crippen LogP contribution in [0.15, 0.2) is 0 Å². The molecule has 0 aromatic heterocycles. The number of ether oxygens (including phenoxy) is 1. The summed E-state index contributed by atoms with van der Waals surface area (Å²) in [4.78, 5) is 0. The van der Waals surface area contributed by atoms with Crippen molar-refractivity contribution in [3.63, 3.8) is 0 Å². The Morgan fingerprint density at radius 3 is 3.00 bits per heavy atom. The fourth-order valence-corrected chi connectivity index (χ4v) is 1.13. The Labute approximate surface area is 61.4 Å². The van der Waals surface area contributed by atoms with E-state index >= 15 is 0 Å². The van der Waals surface area contributed by atoms with E-state index in [1.54, 1.807) is 0 Å². The van der Waals surface area contributed by atoms with Gasteiger partial charge in [-0.15, -0.1) is 0 Å². The second kappa shape index (κ2) is 3.00. The van der Waals surface area contributed by atoms with Gasteiger partial charge in [-0.1, -0.05) is 0 Å². The molecule has 3 nitrogen and oxygen atoms in total. The van der Waals surface area contributed by atoms with Crippen molar-refractivity contribution in [2.24, 2.45) is 0 Å². The van der Waals surface area contributed by atoms with E-state index in [2.05, 4.69) is 13.1 Å². The highest BCUT2D eigenvalue weighted by Crippen LogP contribution is 2.09. The monoisotopic (exact) mass is 141 g/mol. The third-order valence-corrected chi connectivity index (χ3v) is 1.94. The summed E-state index contributed by atoms with van der Waals surface area (Å²) in [5.41, 5.74) is 0. The molecular weight excluding hydrogens is 128 g/mol. The van der Waals surface area contributed by atoms with Gasteiger partial charge in [0.25, 0.3) is 0 Å². The van der Waals surface area contributed by atoms with Crippen LogP contribution in [0.5, 0.6) is 0 Å². The minimum Gasteiger partial charge on any atom is -0.326 e. The van der Waals surface area contributed by atoms with Crippen molar-refractivity contribution in [3.05, 3.63) is 0 Å². The lowest BCUT2D eigenvalue weighted by molar-refractivity contribution is -0.906. The zero-order valence-electron chi connectivity index (χ0n) is 6.34. The van der Waals surface area contributed by atoms with Crippen molar-refractivity contribution < 1.29 is 9.22 Å². The van der Waals surface area contributed by atoms with Gasteiger partial charge in [0.15, 0.2) is 6.73 Å². The molecule has 0 spiro atoms. The Balaban J connectivity index is 2.30. The minimum atomic E-state index is 0.639. The normalized spacial score (nSPS) is 32.0. The Bertz CT molecular complexity index is 144. The van der Waals surface area contributed by atoms with E-state index in [0.29, 0.717) is 6.42 Å². The molecule has 0 aromatic rings. The molecule has 0 aromatic carbocycles. The van der Waals surface area contributed by atoms with Crippen LogP contribution in [0.4, 0.5) is 0 Å². The number of rotatable bonds is 2. The third-order valence-electron chi connectivity index (χ3n) is 1.94. The van der Waals surface area contributed by atoms with Crippen molar-refractivity contribution in [3.8, 4) is 6.07 Å². The number of nitriles is 1. The molecule has 0 radical (unpaired) electrons. The molecule has 1 unspecified atom stereocenters. The summed E-state index contributed by atoms with van der Waals surface area (Å²) in [6, 6.07) is 2.15. The Morgan fingerprint density at radius 2 is 2.50 bits per heavy atom. The number of likely N-dealkylation sites (N-methyl/N-ethyl adjacent to an activating group) is 1. The van der Waals surface area contributed by atoms with Gasteiger partial charge in [-0.25, -0.2) is 0 Å². The third kappa shape index (κ3) is 1.69. The Kier molecular flexibility index (Phi) is 2.25. The molecule has 1 fully saturated rings. The summed E-state index contributed by atoms with van der Waals surface area (Å²) in [6.45, 7) is 3.61. The van der Waals surface area contributed by atoms with E-state index in [4.69, 9.17) is 10.00 Å². The van der Waals surface area contributed by atoms with Crippen molar-refractivity contribution in [2.45, 2.75) is 6.42 Å². The molecule has 56 valence electrons. The molecule has 0 N–H and O–H groups in total. The lowest BCUT2D eigenvalue weighted by Crippen LogP contribution is -2.41. The second-order valence-electron chi connectivity index (χ2n) is 3.01. The van der Waals surface area contributed by atoms with Gasteiger partial charge in [0, 0.05) is 0 Å². The smallest absolute Gasteiger partial charge is 0.183 e. The number of nitrogens with zero attached hydrogens (tertiary/aromatic N) is 2. The van der Waals surface area contributed by atoms with Crippen LogP contribution in [0.1, 0.15) is 6.42 Å². The van der Waals surface area contributed by atoms with E-state index in [0.717, 1.165) is 30.9 Å². The van der Waals surface area contributed by atoms with Crippen molar-refractivity contribution in [1.29, 1.82) is 5.26 Å². The maximum Gasteiger partial charge on any atom is 0.183 e. The van der Waals surface area contributed by atoms with E-state index < -0.39 is 0 Å². The van der Waals surface area contributed by atoms with Gasteiger partial charge in [-0.2, -0.15) is 5.26 Å². The van der Waals surface area contributed by atoms with Crippen LogP contribution in [0.3, 0.4) is 0 Å². The molecule has 10 heavy (non-hydrogen) atoms. The van der Waals surface area contributed by atoms with E-state index in [9.17, 15) is 0 Å². The molecule has 0 amide bonds. The largest absolute Gasteiger partial charge is 0.326 e. The van der Waals surface area contributed by atoms with E-state index in [1.807, 2.05) is 0 Å². The predicted molar refractivity (Wildman–Crippen MR) is 37.0 cm³/mol. The molecule has 1 aliphatic heterocycles. The topological polar surface area (TPSA) is 33.0 Å². The van der Waals surface area contributed by atoms with Gasteiger partial charge in [-0.3, -0.25) is 0 Å². The zero-order chi connectivity index (χ0) is 7.45. The van der Waals surface area contributed by atoms with Crippen LogP contribution in [-0.4, -0.2) is 38.0 Å². The summed E-state index contributed by atoms with van der Waals surface area (Å²) in [7, 11) is 2.13. The van der Waals surface area contributed by atoms with Gasteiger partial charge < -0.3 is 9.22 Å². The fourth-order valence-electron chi connectivity index (χ4n) is 1.13. The SMILES string of the molecule is C[N+]1(CCC#N)CCOC1. The Hall–Kier alpha value is -0.590. The molecule has 1 atom stereocenters. The highest BCUT2D eigenvalue weighted by atomic mass is 16.5. The van der Waals surface area contributed by atoms with E-state index in [1.165, 1.54) is 0 Å². The summed E-state index contributed by atoms with van der Waals surface area (Å²) in [6.07, 6.45) is 0.639. The number of hydrogen-bond acceptors (Lipinski definition) is 2. The van der Waals surface area contributed by atoms with Gasteiger partial charge in [0.2, 0.25) is 0 Å². The summed E-state index contributed by atoms with van der Waals surface area (Å²) in [5, 5.41) is 8.34. The molecular formula is C7H13N2O+. The number of quaternary nitrogens is 1. The highest BCUT2D eigenvalue weighted by molar-refractivity contribution is 4.67. The first-order chi connectivity index (χ1) is 4.77. The van der Waals surface area contributed by atoms with Crippen molar-refractivity contribution >= 4 is 0 Å². The molecule has 3 heteroatoms. The summed E-state index contributed by atoms with van der Waals surface area (Å²) < 4.78 is 6.13. The standard InChI is InChI=1S/C7H13N2O/c1-9(4-2-3-8)5-6-10-7-9/h2,4-7H2,1H3/q+1. The maximum absolute atomic E-state index is 8.34. The first kappa shape index (κ1) is 7.52. The maximum atomic E-state index is 8.34. The van der Waals surface area contributed by atoms with Gasteiger partial charge in [0.05, 0.1) is 26.1 Å². The average molecular weight is 141 g/mol. The molecule has 0 aliphatic carbocycles. The summed E-state index contributed by atoms with van der Waals surface area (Å²) in [5.74, 6) is 0. The lowest BCUT2D eigenvalue weighted by atomic mass is 10.4. The van der Waals surface area contributed by atoms with Gasteiger partial charge >= 0.3 is 0 Å².